The fourth-order valence-corrected chi connectivity index (χ4v) is 6.92. The van der Waals surface area contributed by atoms with Gasteiger partial charge in [-0.15, -0.1) is 0 Å². The third-order valence-electron chi connectivity index (χ3n) is 7.91. The Morgan fingerprint density at radius 1 is 0.925 bits per heavy atom. The monoisotopic (exact) mass is 565 g/mol. The second kappa shape index (κ2) is 12.1. The van der Waals surface area contributed by atoms with Crippen molar-refractivity contribution in [3.8, 4) is 0 Å². The van der Waals surface area contributed by atoms with Crippen LogP contribution >= 0.6 is 0 Å². The van der Waals surface area contributed by atoms with E-state index in [1.54, 1.807) is 0 Å². The molecule has 214 valence electrons. The normalized spacial score (nSPS) is 18.0. The average Bonchev–Trinajstić information content (AvgIpc) is 3.38. The number of hydrogen-bond acceptors (Lipinski definition) is 7. The number of aliphatic hydroxyl groups is 1. The van der Waals surface area contributed by atoms with Crippen LogP contribution in [0, 0.1) is 13.8 Å². The van der Waals surface area contributed by atoms with Crippen molar-refractivity contribution < 1.29 is 22.7 Å². The topological polar surface area (TPSA) is 103 Å². The van der Waals surface area contributed by atoms with Crippen molar-refractivity contribution in [2.45, 2.75) is 52.2 Å². The van der Waals surface area contributed by atoms with E-state index in [9.17, 15) is 18.3 Å². The van der Waals surface area contributed by atoms with Gasteiger partial charge in [0.05, 0.1) is 24.5 Å². The zero-order valence-corrected chi connectivity index (χ0v) is 24.2. The number of nitrogens with one attached hydrogen (secondary N) is 1. The van der Waals surface area contributed by atoms with Gasteiger partial charge in [0.2, 0.25) is 5.91 Å². The molecule has 2 saturated heterocycles. The van der Waals surface area contributed by atoms with Crippen LogP contribution in [0.5, 0.6) is 0 Å². The Kier molecular flexibility index (Phi) is 8.51. The van der Waals surface area contributed by atoms with E-state index in [4.69, 9.17) is 4.42 Å². The highest BCUT2D eigenvalue weighted by atomic mass is 32.2. The molecule has 0 spiro atoms. The first kappa shape index (κ1) is 28.2. The summed E-state index contributed by atoms with van der Waals surface area (Å²) in [7, 11) is -3.03. The number of carbonyl (C=O) groups excluding carboxylic acids is 1. The molecule has 2 aromatic carbocycles. The largest absolute Gasteiger partial charge is 0.464 e. The number of piperidine rings is 1. The highest BCUT2D eigenvalue weighted by molar-refractivity contribution is 7.91. The predicted octanol–water partition coefficient (Wildman–Crippen LogP) is 4.06. The van der Waals surface area contributed by atoms with E-state index in [2.05, 4.69) is 35.3 Å². The van der Waals surface area contributed by atoms with Gasteiger partial charge in [0.15, 0.2) is 9.84 Å². The highest BCUT2D eigenvalue weighted by Crippen LogP contribution is 2.34. The molecule has 0 aliphatic carbocycles. The highest BCUT2D eigenvalue weighted by Gasteiger charge is 2.27. The predicted molar refractivity (Wildman–Crippen MR) is 158 cm³/mol. The summed E-state index contributed by atoms with van der Waals surface area (Å²) in [5.41, 5.74) is 5.62. The average molecular weight is 566 g/mol. The molecule has 40 heavy (non-hydrogen) atoms. The van der Waals surface area contributed by atoms with Crippen molar-refractivity contribution >= 4 is 27.1 Å². The van der Waals surface area contributed by atoms with Gasteiger partial charge in [-0.05, 0) is 68.5 Å². The fraction of sp³-hybridized carbons (Fsp3) is 0.452. The molecule has 2 N–H and O–H groups in total. The van der Waals surface area contributed by atoms with Gasteiger partial charge in [0, 0.05) is 48.7 Å². The van der Waals surface area contributed by atoms with Crippen molar-refractivity contribution in [3.63, 3.8) is 0 Å². The molecular weight excluding hydrogens is 526 g/mol. The van der Waals surface area contributed by atoms with Crippen LogP contribution in [0.25, 0.3) is 0 Å². The zero-order valence-electron chi connectivity index (χ0n) is 23.4. The van der Waals surface area contributed by atoms with Crippen molar-refractivity contribution in [2.75, 3.05) is 47.5 Å². The summed E-state index contributed by atoms with van der Waals surface area (Å²) in [4.78, 5) is 18.0. The van der Waals surface area contributed by atoms with Crippen LogP contribution in [0.15, 0.2) is 52.9 Å². The summed E-state index contributed by atoms with van der Waals surface area (Å²) in [6.45, 7) is 6.57. The smallest absolute Gasteiger partial charge is 0.225 e. The summed E-state index contributed by atoms with van der Waals surface area (Å²) >= 11 is 0. The molecule has 3 aromatic rings. The summed E-state index contributed by atoms with van der Waals surface area (Å²) in [6.07, 6.45) is 3.68. The molecule has 1 aromatic heterocycles. The van der Waals surface area contributed by atoms with Gasteiger partial charge < -0.3 is 24.6 Å². The molecule has 2 fully saturated rings. The van der Waals surface area contributed by atoms with Gasteiger partial charge in [-0.3, -0.25) is 4.79 Å². The first-order valence-corrected chi connectivity index (χ1v) is 15.9. The molecule has 0 saturated carbocycles. The van der Waals surface area contributed by atoms with Crippen LogP contribution in [-0.2, 0) is 27.7 Å². The number of benzene rings is 2. The summed E-state index contributed by atoms with van der Waals surface area (Å²) in [6, 6.07) is 15.4. The molecule has 2 aliphatic rings. The Balaban J connectivity index is 1.41. The van der Waals surface area contributed by atoms with Crippen LogP contribution in [0.2, 0.25) is 0 Å². The number of nitrogens with zero attached hydrogens (tertiary/aromatic N) is 2. The van der Waals surface area contributed by atoms with Gasteiger partial charge in [-0.25, -0.2) is 8.42 Å². The van der Waals surface area contributed by atoms with Crippen molar-refractivity contribution in [2.24, 2.45) is 0 Å². The molecule has 5 rings (SSSR count). The summed E-state index contributed by atoms with van der Waals surface area (Å²) in [5.74, 6) is 1.51. The Bertz CT molecular complexity index is 1450. The van der Waals surface area contributed by atoms with E-state index in [0.29, 0.717) is 18.8 Å². The van der Waals surface area contributed by atoms with Crippen LogP contribution < -0.4 is 15.1 Å². The second-order valence-electron chi connectivity index (χ2n) is 11.0. The summed E-state index contributed by atoms with van der Waals surface area (Å²) < 4.78 is 29.9. The lowest BCUT2D eigenvalue weighted by Gasteiger charge is -2.33. The first-order chi connectivity index (χ1) is 19.2. The summed E-state index contributed by atoms with van der Waals surface area (Å²) in [5, 5.41) is 13.2. The molecule has 2 aliphatic heterocycles. The number of sulfone groups is 1. The Hall–Kier alpha value is -3.30. The van der Waals surface area contributed by atoms with E-state index < -0.39 is 15.9 Å². The Morgan fingerprint density at radius 3 is 2.33 bits per heavy atom. The van der Waals surface area contributed by atoms with E-state index in [0.717, 1.165) is 59.8 Å². The third-order valence-corrected chi connectivity index (χ3v) is 9.52. The fourth-order valence-electron chi connectivity index (χ4n) is 5.72. The Labute approximate surface area is 236 Å². The lowest BCUT2D eigenvalue weighted by molar-refractivity contribution is -0.121. The van der Waals surface area contributed by atoms with Crippen LogP contribution in [0.3, 0.4) is 0 Å². The molecular formula is C31H39N3O5S. The van der Waals surface area contributed by atoms with Crippen LogP contribution in [0.1, 0.15) is 59.1 Å². The number of amides is 1. The number of furan rings is 1. The number of aryl methyl sites for hydroxylation is 2. The van der Waals surface area contributed by atoms with Gasteiger partial charge >= 0.3 is 0 Å². The molecule has 1 amide bonds. The molecule has 8 nitrogen and oxygen atoms in total. The molecule has 9 heteroatoms. The second-order valence-corrected chi connectivity index (χ2v) is 13.3. The molecule has 0 radical (unpaired) electrons. The minimum Gasteiger partial charge on any atom is -0.464 e. The van der Waals surface area contributed by atoms with Gasteiger partial charge in [0.1, 0.15) is 17.6 Å². The molecule has 1 unspecified atom stereocenters. The number of aliphatic hydroxyl groups excluding tert-OH is 1. The van der Waals surface area contributed by atoms with E-state index in [1.807, 2.05) is 42.2 Å². The van der Waals surface area contributed by atoms with Crippen molar-refractivity contribution in [3.05, 3.63) is 82.3 Å². The third kappa shape index (κ3) is 6.53. The Morgan fingerprint density at radius 2 is 1.65 bits per heavy atom. The minimum absolute atomic E-state index is 0.0860. The lowest BCUT2D eigenvalue weighted by Crippen LogP contribution is -2.40. The van der Waals surface area contributed by atoms with Crippen molar-refractivity contribution in [1.29, 1.82) is 0 Å². The molecule has 3 heterocycles. The quantitative estimate of drug-likeness (QED) is 0.425. The van der Waals surface area contributed by atoms with Crippen molar-refractivity contribution in [1.82, 2.24) is 5.32 Å². The van der Waals surface area contributed by atoms with E-state index in [-0.39, 0.29) is 30.4 Å². The number of rotatable bonds is 8. The zero-order chi connectivity index (χ0) is 28.3. The van der Waals surface area contributed by atoms with Crippen LogP contribution in [-0.4, -0.2) is 57.1 Å². The van der Waals surface area contributed by atoms with Crippen LogP contribution in [0.4, 0.5) is 11.4 Å². The van der Waals surface area contributed by atoms with E-state index >= 15 is 0 Å². The number of anilines is 2. The standard InChI is InChI=1S/C31H39N3O5S/c1-22-6-10-26(28(18-22)33-12-4-3-5-13-33)31(29-11-7-23(2)39-29)32-30(36)20-24-8-9-25(21-35)27(19-24)34-14-16-40(37,38)17-15-34/h6-11,18-19,31,35H,3-5,12-17,20-21H2,1-2H3,(H,32,36). The molecule has 1 atom stereocenters. The van der Waals surface area contributed by atoms with Gasteiger partial charge in [-0.2, -0.15) is 0 Å². The molecule has 0 bridgehead atoms. The maximum Gasteiger partial charge on any atom is 0.225 e. The number of carbonyl (C=O) groups is 1. The minimum atomic E-state index is -3.03. The lowest BCUT2D eigenvalue weighted by atomic mass is 9.97. The van der Waals surface area contributed by atoms with Gasteiger partial charge in [0.25, 0.3) is 0 Å². The van der Waals surface area contributed by atoms with Gasteiger partial charge in [-0.1, -0.05) is 24.3 Å². The maximum atomic E-state index is 13.5. The first-order valence-electron chi connectivity index (χ1n) is 14.1. The van der Waals surface area contributed by atoms with E-state index in [1.165, 1.54) is 12.0 Å². The SMILES string of the molecule is Cc1ccc(C(NC(=O)Cc2ccc(CO)c(N3CCS(=O)(=O)CC3)c2)c2ccc(C)o2)c(N2CCCCC2)c1. The number of hydrogen-bond donors (Lipinski definition) is 2. The maximum absolute atomic E-state index is 13.5.